The zero-order valence-corrected chi connectivity index (χ0v) is 18.1. The molecule has 0 spiro atoms. The minimum Gasteiger partial charge on any atom is -0.497 e. The van der Waals surface area contributed by atoms with Crippen LogP contribution < -0.4 is 14.8 Å². The van der Waals surface area contributed by atoms with Gasteiger partial charge in [-0.3, -0.25) is 4.79 Å². The number of nitrogens with zero attached hydrogens (tertiary/aromatic N) is 3. The normalized spacial score (nSPS) is 10.6. The monoisotopic (exact) mass is 448 g/mol. The predicted molar refractivity (Wildman–Crippen MR) is 123 cm³/mol. The van der Waals surface area contributed by atoms with Crippen molar-refractivity contribution in [2.45, 2.75) is 6.54 Å². The van der Waals surface area contributed by atoms with Crippen LogP contribution in [0.25, 0.3) is 11.4 Å². The molecular formula is C24H21ClN4O3. The van der Waals surface area contributed by atoms with Gasteiger partial charge in [0.05, 0.1) is 7.11 Å². The highest BCUT2D eigenvalue weighted by Gasteiger charge is 2.18. The van der Waals surface area contributed by atoms with Crippen molar-refractivity contribution in [3.05, 3.63) is 89.4 Å². The maximum absolute atomic E-state index is 12.9. The number of para-hydroxylation sites is 1. The van der Waals surface area contributed by atoms with E-state index in [1.165, 1.54) is 4.68 Å². The molecule has 0 atom stereocenters. The lowest BCUT2D eigenvalue weighted by Gasteiger charge is -2.09. The van der Waals surface area contributed by atoms with Crippen LogP contribution in [0.4, 0.5) is 5.95 Å². The Labute approximate surface area is 190 Å². The molecule has 1 N–H and O–H groups in total. The second-order valence-corrected chi connectivity index (χ2v) is 7.25. The summed E-state index contributed by atoms with van der Waals surface area (Å²) >= 11 is 6.26. The molecule has 8 heteroatoms. The van der Waals surface area contributed by atoms with Crippen molar-refractivity contribution in [2.75, 3.05) is 19.0 Å². The summed E-state index contributed by atoms with van der Waals surface area (Å²) in [4.78, 5) is 17.4. The highest BCUT2D eigenvalue weighted by molar-refractivity contribution is 6.31. The van der Waals surface area contributed by atoms with Crippen LogP contribution in [-0.2, 0) is 6.54 Å². The van der Waals surface area contributed by atoms with Gasteiger partial charge in [0, 0.05) is 17.1 Å². The maximum Gasteiger partial charge on any atom is 0.287 e. The van der Waals surface area contributed by atoms with Gasteiger partial charge < -0.3 is 14.8 Å². The van der Waals surface area contributed by atoms with Crippen LogP contribution in [0.1, 0.15) is 10.4 Å². The van der Waals surface area contributed by atoms with Crippen molar-refractivity contribution >= 4 is 23.5 Å². The van der Waals surface area contributed by atoms with Gasteiger partial charge in [-0.1, -0.05) is 48.0 Å². The smallest absolute Gasteiger partial charge is 0.287 e. The third-order valence-corrected chi connectivity index (χ3v) is 5.06. The topological polar surface area (TPSA) is 78.3 Å². The van der Waals surface area contributed by atoms with E-state index >= 15 is 0 Å². The van der Waals surface area contributed by atoms with E-state index in [0.717, 1.165) is 16.9 Å². The third-order valence-electron chi connectivity index (χ3n) is 4.69. The molecule has 7 nitrogen and oxygen atoms in total. The highest BCUT2D eigenvalue weighted by Crippen LogP contribution is 2.22. The molecule has 0 bridgehead atoms. The van der Waals surface area contributed by atoms with Gasteiger partial charge in [0.2, 0.25) is 5.95 Å². The molecule has 0 aliphatic rings. The summed E-state index contributed by atoms with van der Waals surface area (Å²) in [6, 6.07) is 23.9. The molecule has 0 amide bonds. The molecule has 4 rings (SSSR count). The first-order chi connectivity index (χ1) is 15.6. The Hall–Kier alpha value is -3.84. The molecule has 1 aromatic heterocycles. The number of ether oxygens (including phenoxy) is 2. The molecule has 0 aliphatic carbocycles. The Bertz CT molecular complexity index is 1190. The zero-order chi connectivity index (χ0) is 22.3. The lowest BCUT2D eigenvalue weighted by molar-refractivity contribution is 0.0824. The van der Waals surface area contributed by atoms with Gasteiger partial charge in [-0.2, -0.15) is 9.67 Å². The number of halogens is 1. The fourth-order valence-electron chi connectivity index (χ4n) is 3.00. The van der Waals surface area contributed by atoms with Crippen LogP contribution in [0.3, 0.4) is 0 Å². The number of rotatable bonds is 8. The van der Waals surface area contributed by atoms with E-state index in [0.29, 0.717) is 29.1 Å². The Morgan fingerprint density at radius 3 is 2.41 bits per heavy atom. The number of methoxy groups -OCH3 is 1. The van der Waals surface area contributed by atoms with E-state index in [4.69, 9.17) is 21.1 Å². The van der Waals surface area contributed by atoms with Crippen molar-refractivity contribution in [3.63, 3.8) is 0 Å². The van der Waals surface area contributed by atoms with Crippen LogP contribution in [0.5, 0.6) is 11.5 Å². The SMILES string of the molecule is COc1ccc(-c2nc(NCc3ccccc3Cl)n(C(=O)COc3ccccc3)n2)cc1. The van der Waals surface area contributed by atoms with Gasteiger partial charge >= 0.3 is 0 Å². The molecule has 162 valence electrons. The molecule has 4 aromatic rings. The molecule has 1 heterocycles. The van der Waals surface area contributed by atoms with Crippen LogP contribution in [0, 0.1) is 0 Å². The summed E-state index contributed by atoms with van der Waals surface area (Å²) in [5.74, 6) is 1.67. The van der Waals surface area contributed by atoms with Crippen LogP contribution in [0.15, 0.2) is 78.9 Å². The number of carbonyl (C=O) groups is 1. The van der Waals surface area contributed by atoms with E-state index in [9.17, 15) is 4.79 Å². The Balaban J connectivity index is 1.58. The van der Waals surface area contributed by atoms with Gasteiger partial charge in [-0.05, 0) is 48.0 Å². The van der Waals surface area contributed by atoms with Crippen molar-refractivity contribution in [2.24, 2.45) is 0 Å². The highest BCUT2D eigenvalue weighted by atomic mass is 35.5. The number of anilines is 1. The average Bonchev–Trinajstić information content (AvgIpc) is 3.27. The van der Waals surface area contributed by atoms with Gasteiger partial charge in [-0.25, -0.2) is 0 Å². The van der Waals surface area contributed by atoms with Gasteiger partial charge in [0.15, 0.2) is 12.4 Å². The van der Waals surface area contributed by atoms with Gasteiger partial charge in [0.1, 0.15) is 11.5 Å². The molecule has 3 aromatic carbocycles. The maximum atomic E-state index is 12.9. The van der Waals surface area contributed by atoms with Crippen molar-refractivity contribution in [1.29, 1.82) is 0 Å². The molecule has 0 fully saturated rings. The van der Waals surface area contributed by atoms with Crippen LogP contribution >= 0.6 is 11.6 Å². The third kappa shape index (κ3) is 5.07. The zero-order valence-electron chi connectivity index (χ0n) is 17.4. The molecule has 0 radical (unpaired) electrons. The first-order valence-electron chi connectivity index (χ1n) is 9.94. The van der Waals surface area contributed by atoms with E-state index in [2.05, 4.69) is 15.4 Å². The summed E-state index contributed by atoms with van der Waals surface area (Å²) < 4.78 is 12.0. The fraction of sp³-hybridized carbons (Fsp3) is 0.125. The number of aromatic nitrogens is 3. The average molecular weight is 449 g/mol. The van der Waals surface area contributed by atoms with Gasteiger partial charge in [-0.15, -0.1) is 5.10 Å². The lowest BCUT2D eigenvalue weighted by Crippen LogP contribution is -2.22. The fourth-order valence-corrected chi connectivity index (χ4v) is 3.20. The van der Waals surface area contributed by atoms with Crippen molar-refractivity contribution in [3.8, 4) is 22.9 Å². The number of carbonyl (C=O) groups excluding carboxylic acids is 1. The van der Waals surface area contributed by atoms with E-state index < -0.39 is 0 Å². The van der Waals surface area contributed by atoms with E-state index in [1.54, 1.807) is 19.2 Å². The Kier molecular flexibility index (Phi) is 6.67. The lowest BCUT2D eigenvalue weighted by atomic mass is 10.2. The Morgan fingerprint density at radius 2 is 1.69 bits per heavy atom. The molecule has 32 heavy (non-hydrogen) atoms. The van der Waals surface area contributed by atoms with Crippen LogP contribution in [0.2, 0.25) is 5.02 Å². The van der Waals surface area contributed by atoms with Crippen molar-refractivity contribution < 1.29 is 14.3 Å². The minimum atomic E-state index is -0.359. The van der Waals surface area contributed by atoms with Crippen LogP contribution in [-0.4, -0.2) is 34.4 Å². The van der Waals surface area contributed by atoms with E-state index in [-0.39, 0.29) is 12.5 Å². The molecule has 0 aliphatic heterocycles. The molecule has 0 unspecified atom stereocenters. The number of nitrogens with one attached hydrogen (secondary N) is 1. The first-order valence-corrected chi connectivity index (χ1v) is 10.3. The summed E-state index contributed by atoms with van der Waals surface area (Å²) in [5, 5.41) is 8.21. The van der Waals surface area contributed by atoms with Gasteiger partial charge in [0.25, 0.3) is 5.91 Å². The largest absolute Gasteiger partial charge is 0.497 e. The summed E-state index contributed by atoms with van der Waals surface area (Å²) in [6.45, 7) is 0.198. The quantitative estimate of drug-likeness (QED) is 0.411. The standard InChI is InChI=1S/C24H21ClN4O3/c1-31-19-13-11-17(12-14-19)23-27-24(26-15-18-7-5-6-10-21(18)25)29(28-23)22(30)16-32-20-8-3-2-4-9-20/h2-14H,15-16H2,1H3,(H,26,27,28). The predicted octanol–water partition coefficient (Wildman–Crippen LogP) is 4.94. The number of benzene rings is 3. The molecular weight excluding hydrogens is 428 g/mol. The second kappa shape index (κ2) is 9.98. The second-order valence-electron chi connectivity index (χ2n) is 6.84. The summed E-state index contributed by atoms with van der Waals surface area (Å²) in [6.07, 6.45) is 0. The minimum absolute atomic E-state index is 0.184. The summed E-state index contributed by atoms with van der Waals surface area (Å²) in [5.41, 5.74) is 1.63. The number of hydrogen-bond donors (Lipinski definition) is 1. The van der Waals surface area contributed by atoms with E-state index in [1.807, 2.05) is 66.7 Å². The van der Waals surface area contributed by atoms with Crippen molar-refractivity contribution in [1.82, 2.24) is 14.8 Å². The molecule has 0 saturated carbocycles. The first kappa shape index (κ1) is 21.4. The summed E-state index contributed by atoms with van der Waals surface area (Å²) in [7, 11) is 1.60. The molecule has 0 saturated heterocycles. The Morgan fingerprint density at radius 1 is 0.969 bits per heavy atom. The number of hydrogen-bond acceptors (Lipinski definition) is 6.